The minimum absolute atomic E-state index is 0.0744. The number of ether oxygens (including phenoxy) is 1. The van der Waals surface area contributed by atoms with Crippen molar-refractivity contribution in [2.45, 2.75) is 82.4 Å². The summed E-state index contributed by atoms with van der Waals surface area (Å²) in [6, 6.07) is 14.2. The Kier molecular flexibility index (Phi) is 9.67. The van der Waals surface area contributed by atoms with Gasteiger partial charge in [0.25, 0.3) is 5.56 Å². The van der Waals surface area contributed by atoms with E-state index in [0.29, 0.717) is 42.3 Å². The predicted octanol–water partition coefficient (Wildman–Crippen LogP) is 5.72. The number of primary sulfonamides is 1. The first-order chi connectivity index (χ1) is 20.8. The van der Waals surface area contributed by atoms with Crippen LogP contribution in [0.25, 0.3) is 17.1 Å². The molecule has 1 fully saturated rings. The van der Waals surface area contributed by atoms with Crippen LogP contribution < -0.4 is 15.4 Å². The maximum atomic E-state index is 14.4. The summed E-state index contributed by atoms with van der Waals surface area (Å²) in [5.74, 6) is 1.78. The molecule has 1 aliphatic rings. The van der Waals surface area contributed by atoms with Crippen LogP contribution in [0.15, 0.2) is 70.6 Å². The zero-order valence-electron chi connectivity index (χ0n) is 24.8. The van der Waals surface area contributed by atoms with Gasteiger partial charge in [-0.05, 0) is 49.8 Å². The summed E-state index contributed by atoms with van der Waals surface area (Å²) in [7, 11) is -3.88. The number of nitrogens with zero attached hydrogens (tertiary/aromatic N) is 4. The van der Waals surface area contributed by atoms with E-state index in [1.165, 1.54) is 12.5 Å². The summed E-state index contributed by atoms with van der Waals surface area (Å²) in [5.41, 5.74) is 3.49. The average Bonchev–Trinajstić information content (AvgIpc) is 3.02. The molecule has 2 aromatic heterocycles. The maximum Gasteiger partial charge on any atom is 0.264 e. The third-order valence-corrected chi connectivity index (χ3v) is 8.96. The number of benzene rings is 2. The summed E-state index contributed by atoms with van der Waals surface area (Å²) < 4.78 is 31.5. The predicted molar refractivity (Wildman–Crippen MR) is 167 cm³/mol. The number of hydrogen-bond donors (Lipinski definition) is 1. The Labute approximate surface area is 253 Å². The van der Waals surface area contributed by atoms with Crippen molar-refractivity contribution in [3.05, 3.63) is 93.9 Å². The quantitative estimate of drug-likeness (QED) is 0.233. The summed E-state index contributed by atoms with van der Waals surface area (Å²) in [4.78, 5) is 28.7. The minimum Gasteiger partial charge on any atom is -0.491 e. The summed E-state index contributed by atoms with van der Waals surface area (Å²) in [6.45, 7) is 4.53. The Morgan fingerprint density at radius 1 is 0.977 bits per heavy atom. The highest BCUT2D eigenvalue weighted by atomic mass is 32.2. The molecule has 9 nitrogen and oxygen atoms in total. The second kappa shape index (κ2) is 13.6. The van der Waals surface area contributed by atoms with E-state index >= 15 is 0 Å². The first kappa shape index (κ1) is 30.6. The summed E-state index contributed by atoms with van der Waals surface area (Å²) >= 11 is 0. The van der Waals surface area contributed by atoms with Crippen molar-refractivity contribution in [1.82, 2.24) is 19.5 Å². The van der Waals surface area contributed by atoms with Crippen molar-refractivity contribution < 1.29 is 13.2 Å². The Morgan fingerprint density at radius 2 is 1.67 bits per heavy atom. The van der Waals surface area contributed by atoms with Gasteiger partial charge in [-0.25, -0.2) is 33.1 Å². The van der Waals surface area contributed by atoms with Crippen molar-refractivity contribution in [2.24, 2.45) is 5.14 Å². The van der Waals surface area contributed by atoms with Gasteiger partial charge in [-0.3, -0.25) is 4.79 Å². The molecule has 0 aliphatic heterocycles. The Morgan fingerprint density at radius 3 is 2.33 bits per heavy atom. The van der Waals surface area contributed by atoms with E-state index in [-0.39, 0.29) is 16.4 Å². The fourth-order valence-corrected chi connectivity index (χ4v) is 6.56. The Hall–Kier alpha value is -3.89. The molecular formula is C33H39N5O4S. The van der Waals surface area contributed by atoms with Crippen molar-refractivity contribution in [2.75, 3.05) is 6.61 Å². The van der Waals surface area contributed by atoms with Gasteiger partial charge in [-0.1, -0.05) is 75.1 Å². The third kappa shape index (κ3) is 7.02. The molecule has 1 aliphatic carbocycles. The Bertz CT molecular complexity index is 1710. The van der Waals surface area contributed by atoms with Crippen LogP contribution in [0.3, 0.4) is 0 Å². The molecule has 2 heterocycles. The zero-order valence-corrected chi connectivity index (χ0v) is 25.6. The molecule has 1 saturated carbocycles. The van der Waals surface area contributed by atoms with Gasteiger partial charge in [-0.15, -0.1) is 0 Å². The van der Waals surface area contributed by atoms with Crippen LogP contribution in [0.4, 0.5) is 0 Å². The average molecular weight is 602 g/mol. The number of hydrogen-bond acceptors (Lipinski definition) is 7. The van der Waals surface area contributed by atoms with Crippen LogP contribution in [0.1, 0.15) is 87.4 Å². The summed E-state index contributed by atoms with van der Waals surface area (Å²) in [6.07, 6.45) is 11.6. The first-order valence-corrected chi connectivity index (χ1v) is 16.7. The molecule has 5 rings (SSSR count). The van der Waals surface area contributed by atoms with Crippen LogP contribution in [-0.2, 0) is 22.9 Å². The molecule has 0 unspecified atom stereocenters. The number of unbranched alkanes of at least 4 members (excludes halogenated alkanes) is 1. The third-order valence-electron chi connectivity index (χ3n) is 7.99. The molecule has 4 aromatic rings. The lowest BCUT2D eigenvalue weighted by Gasteiger charge is -2.25. The van der Waals surface area contributed by atoms with Gasteiger partial charge >= 0.3 is 0 Å². The highest BCUT2D eigenvalue weighted by molar-refractivity contribution is 7.89. The van der Waals surface area contributed by atoms with Gasteiger partial charge in [0.15, 0.2) is 5.75 Å². The highest BCUT2D eigenvalue weighted by Crippen LogP contribution is 2.33. The lowest BCUT2D eigenvalue weighted by Crippen LogP contribution is -2.32. The lowest BCUT2D eigenvalue weighted by atomic mass is 9.88. The molecule has 0 saturated heterocycles. The van der Waals surface area contributed by atoms with Crippen LogP contribution in [0, 0.1) is 0 Å². The molecule has 0 amide bonds. The number of aromatic nitrogens is 4. The van der Waals surface area contributed by atoms with E-state index < -0.39 is 10.0 Å². The van der Waals surface area contributed by atoms with Crippen LogP contribution in [-0.4, -0.2) is 34.5 Å². The van der Waals surface area contributed by atoms with E-state index in [0.717, 1.165) is 61.2 Å². The van der Waals surface area contributed by atoms with Gasteiger partial charge in [-0.2, -0.15) is 0 Å². The second-order valence-corrected chi connectivity index (χ2v) is 12.6. The molecule has 10 heteroatoms. The molecule has 226 valence electrons. The molecule has 2 aromatic carbocycles. The monoisotopic (exact) mass is 601 g/mol. The lowest BCUT2D eigenvalue weighted by molar-refractivity contribution is 0.337. The van der Waals surface area contributed by atoms with Gasteiger partial charge < -0.3 is 4.74 Å². The summed E-state index contributed by atoms with van der Waals surface area (Å²) in [5, 5.41) is 5.46. The van der Waals surface area contributed by atoms with Gasteiger partial charge in [0, 0.05) is 23.5 Å². The topological polar surface area (TPSA) is 130 Å². The number of nitrogens with two attached hydrogens (primary N) is 1. The fourth-order valence-electron chi connectivity index (χ4n) is 5.80. The SMILES string of the molecule is CCCCc1nc(C2CCCCC2)n(-c2ncc(OCC)cn2)c(=O)c1Cc1ccc(-c2ccccc2S(N)(=O)=O)cc1. The molecule has 0 spiro atoms. The normalized spacial score (nSPS) is 14.1. The first-order valence-electron chi connectivity index (χ1n) is 15.1. The molecule has 0 atom stereocenters. The molecule has 0 radical (unpaired) electrons. The van der Waals surface area contributed by atoms with E-state index in [2.05, 4.69) is 16.9 Å². The molecular weight excluding hydrogens is 562 g/mol. The van der Waals surface area contributed by atoms with Crippen molar-refractivity contribution in [3.8, 4) is 22.8 Å². The van der Waals surface area contributed by atoms with Crippen molar-refractivity contribution >= 4 is 10.0 Å². The molecule has 43 heavy (non-hydrogen) atoms. The molecule has 0 bridgehead atoms. The van der Waals surface area contributed by atoms with Crippen molar-refractivity contribution in [1.29, 1.82) is 0 Å². The smallest absolute Gasteiger partial charge is 0.264 e. The highest BCUT2D eigenvalue weighted by Gasteiger charge is 2.26. The maximum absolute atomic E-state index is 14.4. The van der Waals surface area contributed by atoms with Gasteiger partial charge in [0.1, 0.15) is 5.82 Å². The zero-order chi connectivity index (χ0) is 30.4. The van der Waals surface area contributed by atoms with Gasteiger partial charge in [0.05, 0.1) is 29.6 Å². The largest absolute Gasteiger partial charge is 0.491 e. The van der Waals surface area contributed by atoms with E-state index in [9.17, 15) is 13.2 Å². The minimum atomic E-state index is -3.88. The van der Waals surface area contributed by atoms with Crippen LogP contribution in [0.5, 0.6) is 5.75 Å². The van der Waals surface area contributed by atoms with E-state index in [4.69, 9.17) is 14.9 Å². The van der Waals surface area contributed by atoms with E-state index in [1.54, 1.807) is 35.2 Å². The van der Waals surface area contributed by atoms with Crippen LogP contribution in [0.2, 0.25) is 0 Å². The number of sulfonamides is 1. The van der Waals surface area contributed by atoms with Crippen molar-refractivity contribution in [3.63, 3.8) is 0 Å². The fraction of sp³-hybridized carbons (Fsp3) is 0.394. The molecule has 2 N–H and O–H groups in total. The Balaban J connectivity index is 1.58. The number of aryl methyl sites for hydroxylation is 1. The standard InChI is InChI=1S/C33H39N5O4S/c1-3-5-14-29-28(20-23-16-18-24(19-17-23)27-13-9-10-15-30(27)43(34,40)41)32(39)38(31(37-29)25-11-7-6-8-12-25)33-35-21-26(22-36-33)42-4-2/h9-10,13,15-19,21-22,25H,3-8,11-12,14,20H2,1-2H3,(H2,34,40,41). The van der Waals surface area contributed by atoms with Crippen LogP contribution >= 0.6 is 0 Å². The van der Waals surface area contributed by atoms with E-state index in [1.807, 2.05) is 31.2 Å². The van der Waals surface area contributed by atoms with Gasteiger partial charge in [0.2, 0.25) is 16.0 Å². The second-order valence-electron chi connectivity index (χ2n) is 11.0. The number of rotatable bonds is 11.